The van der Waals surface area contributed by atoms with Crippen molar-refractivity contribution >= 4 is 21.8 Å². The second-order valence-electron chi connectivity index (χ2n) is 12.3. The third-order valence-corrected chi connectivity index (χ3v) is 8.50. The van der Waals surface area contributed by atoms with Gasteiger partial charge in [-0.2, -0.15) is 5.26 Å². The van der Waals surface area contributed by atoms with Crippen LogP contribution in [0.25, 0.3) is 61.0 Å². The molecule has 0 aliphatic carbocycles. The maximum atomic E-state index is 10.4. The standard InChI is InChI=1S/C41H34N4/c1-24-13-25(2)16-32(15-24)30-7-10-37-38-11-8-31(33-17-26(3)14-27(4)18-33)22-41(38)45(40(37)21-30)35-9-12-36(34(20-35)23-42)39-19-28(5)43-29(6)44-39/h7-22H,1-6H3. The second-order valence-corrected chi connectivity index (χ2v) is 12.3. The lowest BCUT2D eigenvalue weighted by atomic mass is 9.98. The first kappa shape index (κ1) is 28.3. The van der Waals surface area contributed by atoms with Crippen LogP contribution in [0.3, 0.4) is 0 Å². The molecule has 0 bridgehead atoms. The van der Waals surface area contributed by atoms with E-state index in [4.69, 9.17) is 0 Å². The number of fused-ring (bicyclic) bond motifs is 3. The van der Waals surface area contributed by atoms with Gasteiger partial charge in [-0.25, -0.2) is 9.97 Å². The van der Waals surface area contributed by atoms with Gasteiger partial charge in [0.1, 0.15) is 5.82 Å². The second kappa shape index (κ2) is 10.9. The van der Waals surface area contributed by atoms with Gasteiger partial charge in [-0.3, -0.25) is 0 Å². The zero-order chi connectivity index (χ0) is 31.4. The Morgan fingerprint density at radius 2 is 1.07 bits per heavy atom. The van der Waals surface area contributed by atoms with Gasteiger partial charge in [-0.1, -0.05) is 82.9 Å². The van der Waals surface area contributed by atoms with Crippen LogP contribution in [-0.4, -0.2) is 14.5 Å². The van der Waals surface area contributed by atoms with Crippen LogP contribution in [-0.2, 0) is 0 Å². The molecule has 7 rings (SSSR count). The molecule has 0 saturated carbocycles. The van der Waals surface area contributed by atoms with E-state index in [1.807, 2.05) is 32.0 Å². The summed E-state index contributed by atoms with van der Waals surface area (Å²) in [6, 6.07) is 37.4. The largest absolute Gasteiger partial charge is 0.309 e. The number of hydrogen-bond donors (Lipinski definition) is 0. The summed E-state index contributed by atoms with van der Waals surface area (Å²) in [5, 5.41) is 12.7. The van der Waals surface area contributed by atoms with Gasteiger partial charge in [0, 0.05) is 27.7 Å². The van der Waals surface area contributed by atoms with Gasteiger partial charge in [-0.05, 0) is 100 Å². The molecule has 2 aromatic heterocycles. The highest BCUT2D eigenvalue weighted by atomic mass is 15.0. The van der Waals surface area contributed by atoms with Gasteiger partial charge in [0.15, 0.2) is 0 Å². The molecule has 0 radical (unpaired) electrons. The minimum Gasteiger partial charge on any atom is -0.309 e. The van der Waals surface area contributed by atoms with Crippen LogP contribution in [0.5, 0.6) is 0 Å². The molecule has 7 aromatic rings. The quantitative estimate of drug-likeness (QED) is 0.207. The Hall–Kier alpha value is -5.53. The number of rotatable bonds is 4. The average molecular weight is 583 g/mol. The van der Waals surface area contributed by atoms with E-state index in [9.17, 15) is 5.26 Å². The summed E-state index contributed by atoms with van der Waals surface area (Å²) < 4.78 is 2.31. The van der Waals surface area contributed by atoms with Gasteiger partial charge >= 0.3 is 0 Å². The van der Waals surface area contributed by atoms with E-state index in [1.54, 1.807) is 0 Å². The van der Waals surface area contributed by atoms with Crippen molar-refractivity contribution in [3.05, 3.63) is 136 Å². The van der Waals surface area contributed by atoms with Crippen molar-refractivity contribution in [2.75, 3.05) is 0 Å². The van der Waals surface area contributed by atoms with Gasteiger partial charge in [-0.15, -0.1) is 0 Å². The third kappa shape index (κ3) is 5.17. The van der Waals surface area contributed by atoms with Gasteiger partial charge < -0.3 is 4.57 Å². The van der Waals surface area contributed by atoms with E-state index < -0.39 is 0 Å². The Morgan fingerprint density at radius 3 is 1.56 bits per heavy atom. The number of aromatic nitrogens is 3. The number of aryl methyl sites for hydroxylation is 6. The predicted octanol–water partition coefficient (Wildman–Crippen LogP) is 10.3. The van der Waals surface area contributed by atoms with Crippen molar-refractivity contribution in [2.24, 2.45) is 0 Å². The van der Waals surface area contributed by atoms with Crippen molar-refractivity contribution in [2.45, 2.75) is 41.5 Å². The van der Waals surface area contributed by atoms with Crippen molar-refractivity contribution in [1.29, 1.82) is 5.26 Å². The summed E-state index contributed by atoms with van der Waals surface area (Å²) in [6.07, 6.45) is 0. The van der Waals surface area contributed by atoms with E-state index in [0.717, 1.165) is 44.8 Å². The van der Waals surface area contributed by atoms with Crippen LogP contribution in [0.4, 0.5) is 0 Å². The minimum absolute atomic E-state index is 0.580. The van der Waals surface area contributed by atoms with Crippen molar-refractivity contribution in [3.63, 3.8) is 0 Å². The zero-order valence-electron chi connectivity index (χ0n) is 26.5. The lowest BCUT2D eigenvalue weighted by Crippen LogP contribution is -1.99. The minimum atomic E-state index is 0.580. The molecule has 0 saturated heterocycles. The smallest absolute Gasteiger partial charge is 0.126 e. The normalized spacial score (nSPS) is 11.3. The average Bonchev–Trinajstić information content (AvgIpc) is 3.32. The third-order valence-electron chi connectivity index (χ3n) is 8.50. The van der Waals surface area contributed by atoms with Crippen LogP contribution in [0.1, 0.15) is 39.3 Å². The molecule has 0 N–H and O–H groups in total. The SMILES string of the molecule is Cc1cc(C)cc(-c2ccc3c4ccc(-c5cc(C)cc(C)c5)cc4n(-c4ccc(-c5cc(C)nc(C)n5)c(C#N)c4)c3c2)c1. The molecule has 0 atom stereocenters. The Labute approximate surface area is 264 Å². The van der Waals surface area contributed by atoms with E-state index in [-0.39, 0.29) is 0 Å². The first-order valence-electron chi connectivity index (χ1n) is 15.3. The summed E-state index contributed by atoms with van der Waals surface area (Å²) in [7, 11) is 0. The van der Waals surface area contributed by atoms with E-state index >= 15 is 0 Å². The lowest BCUT2D eigenvalue weighted by Gasteiger charge is -2.13. The first-order chi connectivity index (χ1) is 21.7. The molecule has 0 aliphatic rings. The van der Waals surface area contributed by atoms with Gasteiger partial charge in [0.2, 0.25) is 0 Å². The Bertz CT molecular complexity index is 2180. The van der Waals surface area contributed by atoms with Gasteiger partial charge in [0.05, 0.1) is 28.4 Å². The molecule has 0 spiro atoms. The van der Waals surface area contributed by atoms with Gasteiger partial charge in [0.25, 0.3) is 0 Å². The summed E-state index contributed by atoms with van der Waals surface area (Å²) in [5.74, 6) is 0.693. The Kier molecular flexibility index (Phi) is 6.83. The summed E-state index contributed by atoms with van der Waals surface area (Å²) in [4.78, 5) is 9.09. The van der Waals surface area contributed by atoms with Crippen LogP contribution in [0.15, 0.2) is 97.1 Å². The number of nitriles is 1. The maximum absolute atomic E-state index is 10.4. The molecule has 4 nitrogen and oxygen atoms in total. The molecule has 218 valence electrons. The fraction of sp³-hybridized carbons (Fsp3) is 0.146. The van der Waals surface area contributed by atoms with Crippen molar-refractivity contribution in [3.8, 4) is 45.3 Å². The first-order valence-corrected chi connectivity index (χ1v) is 15.3. The number of nitrogens with zero attached hydrogens (tertiary/aromatic N) is 4. The molecule has 0 fully saturated rings. The van der Waals surface area contributed by atoms with Crippen LogP contribution in [0.2, 0.25) is 0 Å². The molecular formula is C41H34N4. The fourth-order valence-electron chi connectivity index (χ4n) is 6.78. The molecule has 0 amide bonds. The fourth-order valence-corrected chi connectivity index (χ4v) is 6.78. The Morgan fingerprint density at radius 1 is 0.533 bits per heavy atom. The van der Waals surface area contributed by atoms with E-state index in [0.29, 0.717) is 11.4 Å². The highest BCUT2D eigenvalue weighted by Crippen LogP contribution is 2.38. The number of hydrogen-bond acceptors (Lipinski definition) is 3. The highest BCUT2D eigenvalue weighted by Gasteiger charge is 2.17. The van der Waals surface area contributed by atoms with Crippen LogP contribution in [0, 0.1) is 52.9 Å². The molecule has 4 heteroatoms. The topological polar surface area (TPSA) is 54.5 Å². The summed E-state index contributed by atoms with van der Waals surface area (Å²) >= 11 is 0. The summed E-state index contributed by atoms with van der Waals surface area (Å²) in [5.41, 5.74) is 15.9. The molecule has 0 unspecified atom stereocenters. The maximum Gasteiger partial charge on any atom is 0.126 e. The lowest BCUT2D eigenvalue weighted by molar-refractivity contribution is 1.02. The van der Waals surface area contributed by atoms with Crippen LogP contribution >= 0.6 is 0 Å². The highest BCUT2D eigenvalue weighted by molar-refractivity contribution is 6.11. The molecule has 0 aliphatic heterocycles. The molecule has 2 heterocycles. The molecular weight excluding hydrogens is 548 g/mol. The zero-order valence-corrected chi connectivity index (χ0v) is 26.5. The Balaban J connectivity index is 1.51. The number of benzene rings is 5. The summed E-state index contributed by atoms with van der Waals surface area (Å²) in [6.45, 7) is 12.4. The monoisotopic (exact) mass is 582 g/mol. The van der Waals surface area contributed by atoms with E-state index in [1.165, 1.54) is 44.2 Å². The van der Waals surface area contributed by atoms with Crippen molar-refractivity contribution in [1.82, 2.24) is 14.5 Å². The molecule has 45 heavy (non-hydrogen) atoms. The molecule has 5 aromatic carbocycles. The van der Waals surface area contributed by atoms with Crippen molar-refractivity contribution < 1.29 is 0 Å². The predicted molar refractivity (Wildman–Crippen MR) is 186 cm³/mol. The van der Waals surface area contributed by atoms with E-state index in [2.05, 4.69) is 127 Å². The van der Waals surface area contributed by atoms with Crippen LogP contribution < -0.4 is 0 Å².